The summed E-state index contributed by atoms with van der Waals surface area (Å²) in [5, 5.41) is 1.55. The molecule has 0 atom stereocenters. The minimum Gasteiger partial charge on any atom is -0.347 e. The number of anilines is 1. The molecule has 1 heterocycles. The van der Waals surface area contributed by atoms with Crippen molar-refractivity contribution in [2.45, 2.75) is 25.4 Å². The number of rotatable bonds is 5. The molecule has 0 aliphatic carbocycles. The second kappa shape index (κ2) is 6.52. The lowest BCUT2D eigenvalue weighted by Gasteiger charge is -2.26. The van der Waals surface area contributed by atoms with Crippen LogP contribution in [0.15, 0.2) is 30.5 Å². The zero-order valence-electron chi connectivity index (χ0n) is 11.6. The van der Waals surface area contributed by atoms with E-state index in [1.165, 1.54) is 4.90 Å². The summed E-state index contributed by atoms with van der Waals surface area (Å²) < 4.78 is 38.3. The van der Waals surface area contributed by atoms with Crippen LogP contribution in [-0.4, -0.2) is 24.2 Å². The minimum absolute atomic E-state index is 0.279. The number of nitrogens with zero attached hydrogens (tertiary/aromatic N) is 2. The van der Waals surface area contributed by atoms with Gasteiger partial charge in [0, 0.05) is 24.0 Å². The summed E-state index contributed by atoms with van der Waals surface area (Å²) >= 11 is 5.87. The number of hydrogen-bond donors (Lipinski definition) is 0. The van der Waals surface area contributed by atoms with Crippen LogP contribution in [-0.2, 0) is 5.88 Å². The fourth-order valence-corrected chi connectivity index (χ4v) is 2.55. The molecule has 0 amide bonds. The summed E-state index contributed by atoms with van der Waals surface area (Å²) in [6, 6.07) is 7.28. The van der Waals surface area contributed by atoms with Crippen LogP contribution >= 0.6 is 11.6 Å². The summed E-state index contributed by atoms with van der Waals surface area (Å²) in [7, 11) is 0. The van der Waals surface area contributed by atoms with Gasteiger partial charge in [-0.2, -0.15) is 13.2 Å². The molecule has 0 unspecified atom stereocenters. The Kier molecular flexibility index (Phi) is 4.93. The second-order valence-corrected chi connectivity index (χ2v) is 5.09. The summed E-state index contributed by atoms with van der Waals surface area (Å²) in [4.78, 5) is 5.50. The summed E-state index contributed by atoms with van der Waals surface area (Å²) in [6.45, 7) is 1.15. The van der Waals surface area contributed by atoms with Gasteiger partial charge in [-0.25, -0.2) is 4.98 Å². The molecular weight excluding hydrogens is 301 g/mol. The Morgan fingerprint density at radius 1 is 1.19 bits per heavy atom. The first-order valence-corrected chi connectivity index (χ1v) is 7.24. The van der Waals surface area contributed by atoms with Crippen LogP contribution < -0.4 is 4.90 Å². The van der Waals surface area contributed by atoms with Crippen molar-refractivity contribution in [2.75, 3.05) is 18.0 Å². The standard InChI is InChI=1S/C15H16ClF3N2/c1-2-7-21(10-15(17,18)19)14-13-6-4-3-5-12(13)11(8-16)9-20-14/h3-6,9H,2,7-8,10H2,1H3. The molecular formula is C15H16ClF3N2. The Labute approximate surface area is 126 Å². The molecule has 2 rings (SSSR count). The van der Waals surface area contributed by atoms with Gasteiger partial charge in [-0.3, -0.25) is 0 Å². The van der Waals surface area contributed by atoms with E-state index in [9.17, 15) is 13.2 Å². The molecule has 2 aromatic rings. The van der Waals surface area contributed by atoms with Crippen LogP contribution in [0.3, 0.4) is 0 Å². The zero-order valence-corrected chi connectivity index (χ0v) is 12.4. The average molecular weight is 317 g/mol. The lowest BCUT2D eigenvalue weighted by Crippen LogP contribution is -2.35. The van der Waals surface area contributed by atoms with E-state index in [4.69, 9.17) is 11.6 Å². The van der Waals surface area contributed by atoms with E-state index in [0.717, 1.165) is 10.9 Å². The van der Waals surface area contributed by atoms with Crippen molar-refractivity contribution in [1.29, 1.82) is 0 Å². The lowest BCUT2D eigenvalue weighted by molar-refractivity contribution is -0.119. The van der Waals surface area contributed by atoms with E-state index < -0.39 is 12.7 Å². The van der Waals surface area contributed by atoms with Gasteiger partial charge in [0.1, 0.15) is 12.4 Å². The van der Waals surface area contributed by atoms with E-state index in [1.54, 1.807) is 18.3 Å². The summed E-state index contributed by atoms with van der Waals surface area (Å²) in [6.07, 6.45) is -2.09. The average Bonchev–Trinajstić information content (AvgIpc) is 2.44. The van der Waals surface area contributed by atoms with Crippen molar-refractivity contribution in [1.82, 2.24) is 4.98 Å². The molecule has 0 aliphatic rings. The molecule has 0 N–H and O–H groups in total. The van der Waals surface area contributed by atoms with Gasteiger partial charge in [-0.05, 0) is 17.4 Å². The van der Waals surface area contributed by atoms with E-state index in [-0.39, 0.29) is 5.88 Å². The van der Waals surface area contributed by atoms with E-state index in [2.05, 4.69) is 4.98 Å². The first kappa shape index (κ1) is 15.9. The SMILES string of the molecule is CCCN(CC(F)(F)F)c1ncc(CCl)c2ccccc12. The molecule has 0 saturated carbocycles. The normalized spacial score (nSPS) is 11.9. The number of fused-ring (bicyclic) bond motifs is 1. The molecule has 114 valence electrons. The molecule has 0 saturated heterocycles. The fourth-order valence-electron chi connectivity index (χ4n) is 2.34. The predicted octanol–water partition coefficient (Wildman–Crippen LogP) is 4.75. The number of halogens is 4. The molecule has 21 heavy (non-hydrogen) atoms. The van der Waals surface area contributed by atoms with Gasteiger partial charge in [-0.1, -0.05) is 31.2 Å². The van der Waals surface area contributed by atoms with Crippen molar-refractivity contribution < 1.29 is 13.2 Å². The van der Waals surface area contributed by atoms with Crippen molar-refractivity contribution in [2.24, 2.45) is 0 Å². The third-order valence-electron chi connectivity index (χ3n) is 3.16. The summed E-state index contributed by atoms with van der Waals surface area (Å²) in [5.41, 5.74) is 0.819. The van der Waals surface area contributed by atoms with E-state index in [1.807, 2.05) is 19.1 Å². The maximum absolute atomic E-state index is 12.8. The van der Waals surface area contributed by atoms with Crippen molar-refractivity contribution >= 4 is 28.2 Å². The number of alkyl halides is 4. The van der Waals surface area contributed by atoms with Gasteiger partial charge in [0.2, 0.25) is 0 Å². The largest absolute Gasteiger partial charge is 0.405 e. The van der Waals surface area contributed by atoms with Crippen molar-refractivity contribution in [3.8, 4) is 0 Å². The number of benzene rings is 1. The van der Waals surface area contributed by atoms with Crippen molar-refractivity contribution in [3.63, 3.8) is 0 Å². The number of hydrogen-bond acceptors (Lipinski definition) is 2. The summed E-state index contributed by atoms with van der Waals surface area (Å²) in [5.74, 6) is 0.638. The maximum atomic E-state index is 12.8. The van der Waals surface area contributed by atoms with Gasteiger partial charge in [-0.15, -0.1) is 11.6 Å². The van der Waals surface area contributed by atoms with Crippen LogP contribution in [0.25, 0.3) is 10.8 Å². The Morgan fingerprint density at radius 3 is 2.43 bits per heavy atom. The third kappa shape index (κ3) is 3.79. The lowest BCUT2D eigenvalue weighted by atomic mass is 10.1. The molecule has 2 nitrogen and oxygen atoms in total. The molecule has 1 aromatic heterocycles. The van der Waals surface area contributed by atoms with E-state index >= 15 is 0 Å². The molecule has 0 fully saturated rings. The Morgan fingerprint density at radius 2 is 1.86 bits per heavy atom. The molecule has 0 radical (unpaired) electrons. The highest BCUT2D eigenvalue weighted by atomic mass is 35.5. The van der Waals surface area contributed by atoms with Crippen LogP contribution in [0.1, 0.15) is 18.9 Å². The molecule has 0 bridgehead atoms. The molecule has 0 spiro atoms. The van der Waals surface area contributed by atoms with Crippen LogP contribution in [0.2, 0.25) is 0 Å². The van der Waals surface area contributed by atoms with Crippen LogP contribution in [0.4, 0.5) is 19.0 Å². The van der Waals surface area contributed by atoms with Gasteiger partial charge < -0.3 is 4.90 Å². The van der Waals surface area contributed by atoms with Gasteiger partial charge in [0.05, 0.1) is 0 Å². The highest BCUT2D eigenvalue weighted by molar-refractivity contribution is 6.18. The highest BCUT2D eigenvalue weighted by Crippen LogP contribution is 2.30. The van der Waals surface area contributed by atoms with E-state index in [0.29, 0.717) is 24.2 Å². The highest BCUT2D eigenvalue weighted by Gasteiger charge is 2.31. The predicted molar refractivity (Wildman–Crippen MR) is 79.9 cm³/mol. The first-order chi connectivity index (χ1) is 9.96. The molecule has 0 aliphatic heterocycles. The molecule has 1 aromatic carbocycles. The van der Waals surface area contributed by atoms with Gasteiger partial charge >= 0.3 is 6.18 Å². The Bertz CT molecular complexity index is 613. The number of aromatic nitrogens is 1. The maximum Gasteiger partial charge on any atom is 0.405 e. The second-order valence-electron chi connectivity index (χ2n) is 4.82. The van der Waals surface area contributed by atoms with Gasteiger partial charge in [0.25, 0.3) is 0 Å². The number of pyridine rings is 1. The smallest absolute Gasteiger partial charge is 0.347 e. The quantitative estimate of drug-likeness (QED) is 0.740. The topological polar surface area (TPSA) is 16.1 Å². The fraction of sp³-hybridized carbons (Fsp3) is 0.400. The monoisotopic (exact) mass is 316 g/mol. The first-order valence-electron chi connectivity index (χ1n) is 6.70. The van der Waals surface area contributed by atoms with Gasteiger partial charge in [0.15, 0.2) is 0 Å². The third-order valence-corrected chi connectivity index (χ3v) is 3.45. The molecule has 6 heteroatoms. The Hall–Kier alpha value is -1.49. The van der Waals surface area contributed by atoms with Crippen molar-refractivity contribution in [3.05, 3.63) is 36.0 Å². The van der Waals surface area contributed by atoms with Crippen LogP contribution in [0.5, 0.6) is 0 Å². The Balaban J connectivity index is 2.52. The zero-order chi connectivity index (χ0) is 15.5. The van der Waals surface area contributed by atoms with Crippen LogP contribution in [0, 0.1) is 0 Å². The minimum atomic E-state index is -4.26.